The van der Waals surface area contributed by atoms with Crippen molar-refractivity contribution >= 4 is 11.6 Å². The number of hydrogen-bond donors (Lipinski definition) is 1. The van der Waals surface area contributed by atoms with E-state index in [1.807, 2.05) is 13.8 Å². The van der Waals surface area contributed by atoms with E-state index in [2.05, 4.69) is 5.32 Å². The van der Waals surface area contributed by atoms with Crippen molar-refractivity contribution < 1.29 is 23.7 Å². The van der Waals surface area contributed by atoms with Gasteiger partial charge in [-0.05, 0) is 44.2 Å². The van der Waals surface area contributed by atoms with Gasteiger partial charge in [-0.25, -0.2) is 0 Å². The first-order valence-corrected chi connectivity index (χ1v) is 8.49. The number of carbonyl (C=O) groups is 1. The molecule has 0 radical (unpaired) electrons. The summed E-state index contributed by atoms with van der Waals surface area (Å²) < 4.78 is 21.5. The molecule has 0 heterocycles. The van der Waals surface area contributed by atoms with Gasteiger partial charge in [-0.15, -0.1) is 0 Å². The fraction of sp³-hybridized carbons (Fsp3) is 0.350. The van der Waals surface area contributed by atoms with E-state index in [0.717, 1.165) is 11.3 Å². The SMILES string of the molecule is CCOCc1cc(C(=O)Nc2ccc(OC)c(OC)c2)ccc1OCC. The van der Waals surface area contributed by atoms with Crippen molar-refractivity contribution in [2.75, 3.05) is 32.8 Å². The van der Waals surface area contributed by atoms with Crippen LogP contribution in [0.2, 0.25) is 0 Å². The Morgan fingerprint density at radius 1 is 0.923 bits per heavy atom. The molecule has 140 valence electrons. The first-order chi connectivity index (χ1) is 12.6. The van der Waals surface area contributed by atoms with Gasteiger partial charge in [0.15, 0.2) is 11.5 Å². The molecule has 0 aliphatic rings. The minimum Gasteiger partial charge on any atom is -0.494 e. The van der Waals surface area contributed by atoms with E-state index in [9.17, 15) is 4.79 Å². The highest BCUT2D eigenvalue weighted by atomic mass is 16.5. The summed E-state index contributed by atoms with van der Waals surface area (Å²) in [7, 11) is 3.12. The molecule has 0 spiro atoms. The third kappa shape index (κ3) is 4.89. The van der Waals surface area contributed by atoms with E-state index < -0.39 is 0 Å². The number of methoxy groups -OCH3 is 2. The van der Waals surface area contributed by atoms with Crippen molar-refractivity contribution in [1.29, 1.82) is 0 Å². The predicted octanol–water partition coefficient (Wildman–Crippen LogP) is 3.89. The fourth-order valence-electron chi connectivity index (χ4n) is 2.46. The average molecular weight is 359 g/mol. The molecular formula is C20H25NO5. The summed E-state index contributed by atoms with van der Waals surface area (Å²) in [6, 6.07) is 10.5. The Kier molecular flexibility index (Phi) is 7.29. The first kappa shape index (κ1) is 19.6. The number of nitrogens with one attached hydrogen (secondary N) is 1. The van der Waals surface area contributed by atoms with Gasteiger partial charge in [-0.3, -0.25) is 4.79 Å². The van der Waals surface area contributed by atoms with Crippen molar-refractivity contribution in [1.82, 2.24) is 0 Å². The molecule has 2 aromatic rings. The molecule has 0 unspecified atom stereocenters. The van der Waals surface area contributed by atoms with Crippen LogP contribution < -0.4 is 19.5 Å². The largest absolute Gasteiger partial charge is 0.494 e. The molecule has 0 aliphatic carbocycles. The maximum Gasteiger partial charge on any atom is 0.255 e. The molecule has 2 aromatic carbocycles. The third-order valence-electron chi connectivity index (χ3n) is 3.73. The number of carbonyl (C=O) groups excluding carboxylic acids is 1. The van der Waals surface area contributed by atoms with Gasteiger partial charge in [0, 0.05) is 29.5 Å². The van der Waals surface area contributed by atoms with Gasteiger partial charge >= 0.3 is 0 Å². The smallest absolute Gasteiger partial charge is 0.255 e. The molecule has 0 saturated heterocycles. The molecule has 0 bridgehead atoms. The zero-order valence-corrected chi connectivity index (χ0v) is 15.6. The van der Waals surface area contributed by atoms with Gasteiger partial charge in [0.05, 0.1) is 27.4 Å². The van der Waals surface area contributed by atoms with Crippen molar-refractivity contribution in [3.63, 3.8) is 0 Å². The Bertz CT molecular complexity index is 745. The van der Waals surface area contributed by atoms with Crippen LogP contribution in [0.4, 0.5) is 5.69 Å². The van der Waals surface area contributed by atoms with Crippen LogP contribution in [0.1, 0.15) is 29.8 Å². The highest BCUT2D eigenvalue weighted by molar-refractivity contribution is 6.04. The molecule has 2 rings (SSSR count). The van der Waals surface area contributed by atoms with Gasteiger partial charge < -0.3 is 24.3 Å². The first-order valence-electron chi connectivity index (χ1n) is 8.49. The van der Waals surface area contributed by atoms with E-state index in [-0.39, 0.29) is 5.91 Å². The Morgan fingerprint density at radius 3 is 2.31 bits per heavy atom. The summed E-state index contributed by atoms with van der Waals surface area (Å²) in [5, 5.41) is 2.86. The molecular weight excluding hydrogens is 334 g/mol. The van der Waals surface area contributed by atoms with E-state index in [0.29, 0.717) is 42.6 Å². The molecule has 1 amide bonds. The molecule has 0 aliphatic heterocycles. The molecule has 0 atom stereocenters. The number of hydrogen-bond acceptors (Lipinski definition) is 5. The van der Waals surface area contributed by atoms with Crippen molar-refractivity contribution in [2.24, 2.45) is 0 Å². The van der Waals surface area contributed by atoms with Crippen molar-refractivity contribution in [2.45, 2.75) is 20.5 Å². The Morgan fingerprint density at radius 2 is 1.65 bits per heavy atom. The molecule has 0 fully saturated rings. The Hall–Kier alpha value is -2.73. The number of benzene rings is 2. The Balaban J connectivity index is 2.20. The lowest BCUT2D eigenvalue weighted by Gasteiger charge is -2.13. The van der Waals surface area contributed by atoms with Gasteiger partial charge in [0.1, 0.15) is 5.75 Å². The molecule has 0 aromatic heterocycles. The highest BCUT2D eigenvalue weighted by Gasteiger charge is 2.12. The van der Waals surface area contributed by atoms with Gasteiger partial charge in [0.2, 0.25) is 0 Å². The summed E-state index contributed by atoms with van der Waals surface area (Å²) in [5.74, 6) is 1.65. The highest BCUT2D eigenvalue weighted by Crippen LogP contribution is 2.30. The normalized spacial score (nSPS) is 10.3. The quantitative estimate of drug-likeness (QED) is 0.736. The minimum atomic E-state index is -0.224. The fourth-order valence-corrected chi connectivity index (χ4v) is 2.46. The average Bonchev–Trinajstić information content (AvgIpc) is 2.67. The molecule has 26 heavy (non-hydrogen) atoms. The zero-order valence-electron chi connectivity index (χ0n) is 15.6. The number of amides is 1. The molecule has 6 heteroatoms. The van der Waals surface area contributed by atoms with Crippen LogP contribution in [0, 0.1) is 0 Å². The lowest BCUT2D eigenvalue weighted by molar-refractivity contribution is 0.102. The van der Waals surface area contributed by atoms with Gasteiger partial charge in [-0.1, -0.05) is 0 Å². The van der Waals surface area contributed by atoms with E-state index in [1.165, 1.54) is 0 Å². The summed E-state index contributed by atoms with van der Waals surface area (Å²) in [5.41, 5.74) is 1.99. The second-order valence-electron chi connectivity index (χ2n) is 5.42. The van der Waals surface area contributed by atoms with Crippen LogP contribution in [0.3, 0.4) is 0 Å². The van der Waals surface area contributed by atoms with Crippen LogP contribution in [-0.2, 0) is 11.3 Å². The van der Waals surface area contributed by atoms with Crippen LogP contribution in [-0.4, -0.2) is 33.3 Å². The van der Waals surface area contributed by atoms with Crippen molar-refractivity contribution in [3.8, 4) is 17.2 Å². The second-order valence-corrected chi connectivity index (χ2v) is 5.42. The van der Waals surface area contributed by atoms with Crippen LogP contribution in [0.25, 0.3) is 0 Å². The van der Waals surface area contributed by atoms with Crippen LogP contribution >= 0.6 is 0 Å². The number of anilines is 1. The van der Waals surface area contributed by atoms with Crippen LogP contribution in [0.15, 0.2) is 36.4 Å². The monoisotopic (exact) mass is 359 g/mol. The van der Waals surface area contributed by atoms with E-state index >= 15 is 0 Å². The standard InChI is InChI=1S/C20H25NO5/c1-5-25-13-15-11-14(7-9-17(15)26-6-2)20(22)21-16-8-10-18(23-3)19(12-16)24-4/h7-12H,5-6,13H2,1-4H3,(H,21,22). The summed E-state index contributed by atoms with van der Waals surface area (Å²) in [6.45, 7) is 5.38. The zero-order chi connectivity index (χ0) is 18.9. The van der Waals surface area contributed by atoms with Crippen molar-refractivity contribution in [3.05, 3.63) is 47.5 Å². The Labute approximate surface area is 154 Å². The summed E-state index contributed by atoms with van der Waals surface area (Å²) >= 11 is 0. The van der Waals surface area contributed by atoms with Gasteiger partial charge in [0.25, 0.3) is 5.91 Å². The predicted molar refractivity (Wildman–Crippen MR) is 100 cm³/mol. The van der Waals surface area contributed by atoms with E-state index in [4.69, 9.17) is 18.9 Å². The lowest BCUT2D eigenvalue weighted by atomic mass is 10.1. The number of rotatable bonds is 9. The molecule has 0 saturated carbocycles. The third-order valence-corrected chi connectivity index (χ3v) is 3.73. The van der Waals surface area contributed by atoms with E-state index in [1.54, 1.807) is 50.6 Å². The number of ether oxygens (including phenoxy) is 4. The molecule has 6 nitrogen and oxygen atoms in total. The summed E-state index contributed by atoms with van der Waals surface area (Å²) in [4.78, 5) is 12.6. The maximum absolute atomic E-state index is 12.6. The lowest BCUT2D eigenvalue weighted by Crippen LogP contribution is -2.13. The topological polar surface area (TPSA) is 66.0 Å². The van der Waals surface area contributed by atoms with Gasteiger partial charge in [-0.2, -0.15) is 0 Å². The summed E-state index contributed by atoms with van der Waals surface area (Å²) in [6.07, 6.45) is 0. The minimum absolute atomic E-state index is 0.224. The maximum atomic E-state index is 12.6. The molecule has 1 N–H and O–H groups in total. The van der Waals surface area contributed by atoms with Crippen LogP contribution in [0.5, 0.6) is 17.2 Å². The second kappa shape index (κ2) is 9.68.